The normalized spacial score (nSPS) is 13.8. The first-order chi connectivity index (χ1) is 14.1. The number of nitrogens with one attached hydrogen (secondary N) is 1. The fourth-order valence-electron chi connectivity index (χ4n) is 3.26. The highest BCUT2D eigenvalue weighted by Crippen LogP contribution is 2.29. The number of unbranched alkanes of at least 4 members (excludes halogenated alkanes) is 1. The van der Waals surface area contributed by atoms with Gasteiger partial charge in [0.15, 0.2) is 0 Å². The van der Waals surface area contributed by atoms with Crippen LogP contribution in [0.25, 0.3) is 0 Å². The summed E-state index contributed by atoms with van der Waals surface area (Å²) in [5, 5.41) is 2.77. The highest BCUT2D eigenvalue weighted by molar-refractivity contribution is 6.21. The van der Waals surface area contributed by atoms with Gasteiger partial charge in [0.2, 0.25) is 0 Å². The van der Waals surface area contributed by atoms with Crippen LogP contribution in [0, 0.1) is 0 Å². The minimum absolute atomic E-state index is 0.0321. The molecule has 1 unspecified atom stereocenters. The van der Waals surface area contributed by atoms with Crippen molar-refractivity contribution in [2.75, 3.05) is 20.3 Å². The summed E-state index contributed by atoms with van der Waals surface area (Å²) in [6.07, 6.45) is 1.05. The number of methoxy groups -OCH3 is 1. The lowest BCUT2D eigenvalue weighted by Gasteiger charge is -2.25. The number of para-hydroxylation sites is 1. The summed E-state index contributed by atoms with van der Waals surface area (Å²) in [5.74, 6) is -0.221. The fraction of sp³-hybridized carbons (Fsp3) is 0.318. The number of ether oxygens (including phenoxy) is 2. The quantitative estimate of drug-likeness (QED) is 0.545. The van der Waals surface area contributed by atoms with Crippen molar-refractivity contribution in [3.8, 4) is 5.75 Å². The Balaban J connectivity index is 1.85. The molecule has 1 heterocycles. The summed E-state index contributed by atoms with van der Waals surface area (Å²) >= 11 is 0. The lowest BCUT2D eigenvalue weighted by atomic mass is 10.1. The molecule has 7 nitrogen and oxygen atoms in total. The van der Waals surface area contributed by atoms with E-state index in [0.29, 0.717) is 29.0 Å². The van der Waals surface area contributed by atoms with Gasteiger partial charge in [0.25, 0.3) is 11.8 Å². The minimum atomic E-state index is -0.678. The standard InChI is InChI=1S/C22H24N2O5/c1-3-4-13-29-22(27)23-18(17-11-7-8-12-19(17)28-2)14-24-20(25)15-9-5-6-10-16(15)21(24)26/h5-12,18H,3-4,13-14H2,1-2H3,(H,23,27). The molecular weight excluding hydrogens is 372 g/mol. The number of imide groups is 1. The van der Waals surface area contributed by atoms with Crippen molar-refractivity contribution in [3.05, 3.63) is 65.2 Å². The molecule has 0 aromatic heterocycles. The first-order valence-electron chi connectivity index (χ1n) is 9.58. The van der Waals surface area contributed by atoms with Crippen LogP contribution in [0.3, 0.4) is 0 Å². The van der Waals surface area contributed by atoms with Crippen LogP contribution in [0.4, 0.5) is 4.79 Å². The molecule has 0 spiro atoms. The Labute approximate surface area is 169 Å². The van der Waals surface area contributed by atoms with Crippen molar-refractivity contribution in [1.29, 1.82) is 0 Å². The molecule has 1 atom stereocenters. The molecule has 2 aromatic carbocycles. The molecule has 1 aliphatic rings. The molecule has 3 rings (SSSR count). The summed E-state index contributed by atoms with van der Waals surface area (Å²) in [7, 11) is 1.53. The van der Waals surface area contributed by atoms with Gasteiger partial charge in [0.1, 0.15) is 5.75 Å². The predicted molar refractivity (Wildman–Crippen MR) is 107 cm³/mol. The molecule has 0 aliphatic carbocycles. The van der Waals surface area contributed by atoms with Crippen LogP contribution in [0.5, 0.6) is 5.75 Å². The molecule has 1 N–H and O–H groups in total. The first-order valence-corrected chi connectivity index (χ1v) is 9.58. The lowest BCUT2D eigenvalue weighted by molar-refractivity contribution is 0.0632. The smallest absolute Gasteiger partial charge is 0.407 e. The van der Waals surface area contributed by atoms with Crippen molar-refractivity contribution in [3.63, 3.8) is 0 Å². The molecule has 0 radical (unpaired) electrons. The highest BCUT2D eigenvalue weighted by atomic mass is 16.5. The van der Waals surface area contributed by atoms with Gasteiger partial charge in [-0.05, 0) is 24.6 Å². The van der Waals surface area contributed by atoms with Gasteiger partial charge in [-0.15, -0.1) is 0 Å². The van der Waals surface area contributed by atoms with E-state index in [4.69, 9.17) is 9.47 Å². The number of rotatable bonds is 8. The van der Waals surface area contributed by atoms with Crippen LogP contribution in [0.2, 0.25) is 0 Å². The van der Waals surface area contributed by atoms with Crippen molar-refractivity contribution in [2.24, 2.45) is 0 Å². The maximum atomic E-state index is 12.8. The van der Waals surface area contributed by atoms with Crippen LogP contribution >= 0.6 is 0 Å². The molecule has 0 saturated heterocycles. The van der Waals surface area contributed by atoms with Crippen molar-refractivity contribution >= 4 is 17.9 Å². The van der Waals surface area contributed by atoms with Gasteiger partial charge in [-0.2, -0.15) is 0 Å². The summed E-state index contributed by atoms with van der Waals surface area (Å²) in [6.45, 7) is 2.27. The predicted octanol–water partition coefficient (Wildman–Crippen LogP) is 3.56. The number of alkyl carbamates (subject to hydrolysis) is 1. The van der Waals surface area contributed by atoms with Gasteiger partial charge in [0, 0.05) is 5.56 Å². The average molecular weight is 396 g/mol. The Hall–Kier alpha value is -3.35. The number of amides is 3. The van der Waals surface area contributed by atoms with E-state index < -0.39 is 12.1 Å². The summed E-state index contributed by atoms with van der Waals surface area (Å²) in [5.41, 5.74) is 1.38. The van der Waals surface area contributed by atoms with E-state index in [-0.39, 0.29) is 18.4 Å². The molecule has 7 heteroatoms. The van der Waals surface area contributed by atoms with Gasteiger partial charge < -0.3 is 14.8 Å². The van der Waals surface area contributed by atoms with E-state index in [1.54, 1.807) is 48.5 Å². The van der Waals surface area contributed by atoms with Gasteiger partial charge in [0.05, 0.1) is 37.4 Å². The second-order valence-electron chi connectivity index (χ2n) is 6.69. The molecular formula is C22H24N2O5. The third-order valence-electron chi connectivity index (χ3n) is 4.78. The SMILES string of the molecule is CCCCOC(=O)NC(CN1C(=O)c2ccccc2C1=O)c1ccccc1OC. The zero-order valence-corrected chi connectivity index (χ0v) is 16.5. The lowest BCUT2D eigenvalue weighted by Crippen LogP contribution is -2.41. The number of carbonyl (C=O) groups is 3. The molecule has 1 aliphatic heterocycles. The van der Waals surface area contributed by atoms with E-state index in [9.17, 15) is 14.4 Å². The molecule has 0 fully saturated rings. The van der Waals surface area contributed by atoms with E-state index in [0.717, 1.165) is 17.7 Å². The minimum Gasteiger partial charge on any atom is -0.496 e. The number of benzene rings is 2. The number of hydrogen-bond acceptors (Lipinski definition) is 5. The van der Waals surface area contributed by atoms with E-state index >= 15 is 0 Å². The number of carbonyl (C=O) groups excluding carboxylic acids is 3. The maximum absolute atomic E-state index is 12.8. The van der Waals surface area contributed by atoms with Crippen molar-refractivity contribution in [1.82, 2.24) is 10.2 Å². The molecule has 0 bridgehead atoms. The van der Waals surface area contributed by atoms with E-state index in [2.05, 4.69) is 5.32 Å². The first kappa shape index (κ1) is 20.4. The van der Waals surface area contributed by atoms with E-state index in [1.807, 2.05) is 6.92 Å². The third-order valence-corrected chi connectivity index (χ3v) is 4.78. The number of nitrogens with zero attached hydrogens (tertiary/aromatic N) is 1. The van der Waals surface area contributed by atoms with Gasteiger partial charge >= 0.3 is 6.09 Å². The Morgan fingerprint density at radius 1 is 1.03 bits per heavy atom. The Kier molecular flexibility index (Phi) is 6.49. The molecule has 3 amide bonds. The Bertz CT molecular complexity index is 877. The zero-order chi connectivity index (χ0) is 20.8. The highest BCUT2D eigenvalue weighted by Gasteiger charge is 2.37. The van der Waals surface area contributed by atoms with Crippen LogP contribution in [-0.2, 0) is 4.74 Å². The summed E-state index contributed by atoms with van der Waals surface area (Å²) < 4.78 is 10.6. The second-order valence-corrected chi connectivity index (χ2v) is 6.69. The Morgan fingerprint density at radius 3 is 2.28 bits per heavy atom. The van der Waals surface area contributed by atoms with E-state index in [1.165, 1.54) is 7.11 Å². The van der Waals surface area contributed by atoms with Crippen LogP contribution in [0.1, 0.15) is 52.1 Å². The monoisotopic (exact) mass is 396 g/mol. The average Bonchev–Trinajstić information content (AvgIpc) is 2.98. The maximum Gasteiger partial charge on any atom is 0.407 e. The van der Waals surface area contributed by atoms with Crippen LogP contribution in [-0.4, -0.2) is 43.1 Å². The fourth-order valence-corrected chi connectivity index (χ4v) is 3.26. The molecule has 2 aromatic rings. The zero-order valence-electron chi connectivity index (χ0n) is 16.5. The molecule has 0 saturated carbocycles. The Morgan fingerprint density at radius 2 is 1.66 bits per heavy atom. The topological polar surface area (TPSA) is 84.9 Å². The van der Waals surface area contributed by atoms with Crippen molar-refractivity contribution < 1.29 is 23.9 Å². The largest absolute Gasteiger partial charge is 0.496 e. The molecule has 29 heavy (non-hydrogen) atoms. The number of fused-ring (bicyclic) bond motifs is 1. The van der Waals surface area contributed by atoms with Crippen molar-refractivity contribution in [2.45, 2.75) is 25.8 Å². The third kappa shape index (κ3) is 4.39. The van der Waals surface area contributed by atoms with Gasteiger partial charge in [-0.25, -0.2) is 4.79 Å². The van der Waals surface area contributed by atoms with Gasteiger partial charge in [-0.3, -0.25) is 14.5 Å². The summed E-state index contributed by atoms with van der Waals surface area (Å²) in [6, 6.07) is 13.2. The second kappa shape index (κ2) is 9.23. The van der Waals surface area contributed by atoms with Crippen LogP contribution in [0.15, 0.2) is 48.5 Å². The summed E-state index contributed by atoms with van der Waals surface area (Å²) in [4.78, 5) is 39.0. The van der Waals surface area contributed by atoms with Gasteiger partial charge in [-0.1, -0.05) is 43.7 Å². The molecule has 152 valence electrons. The van der Waals surface area contributed by atoms with Crippen LogP contribution < -0.4 is 10.1 Å². The number of hydrogen-bond donors (Lipinski definition) is 1.